The molecule has 0 spiro atoms. The van der Waals surface area contributed by atoms with Crippen LogP contribution < -0.4 is 4.74 Å². The van der Waals surface area contributed by atoms with E-state index in [1.54, 1.807) is 7.11 Å². The van der Waals surface area contributed by atoms with Crippen molar-refractivity contribution < 1.29 is 13.5 Å². The first-order valence-electron chi connectivity index (χ1n) is 6.18. The zero-order valence-electron chi connectivity index (χ0n) is 11.5. The number of alkyl halides is 1. The maximum absolute atomic E-state index is 13.8. The summed E-state index contributed by atoms with van der Waals surface area (Å²) < 4.78 is 32.1. The van der Waals surface area contributed by atoms with E-state index in [1.807, 2.05) is 26.0 Å². The van der Waals surface area contributed by atoms with Crippen LogP contribution in [0.25, 0.3) is 0 Å². The molecule has 4 heteroatoms. The lowest BCUT2D eigenvalue weighted by atomic mass is 9.99. The fourth-order valence-corrected chi connectivity index (χ4v) is 2.97. The van der Waals surface area contributed by atoms with Crippen LogP contribution >= 0.6 is 15.9 Å². The van der Waals surface area contributed by atoms with Gasteiger partial charge in [0.05, 0.1) is 11.9 Å². The Morgan fingerprint density at radius 3 is 2.15 bits per heavy atom. The van der Waals surface area contributed by atoms with Gasteiger partial charge in [-0.05, 0) is 36.6 Å². The highest BCUT2D eigenvalue weighted by molar-refractivity contribution is 9.09. The second-order valence-electron chi connectivity index (χ2n) is 4.72. The van der Waals surface area contributed by atoms with Crippen molar-refractivity contribution in [3.05, 3.63) is 64.2 Å². The summed E-state index contributed by atoms with van der Waals surface area (Å²) in [6.07, 6.45) is 0. The van der Waals surface area contributed by atoms with E-state index >= 15 is 0 Å². The molecule has 0 N–H and O–H groups in total. The Morgan fingerprint density at radius 1 is 1.05 bits per heavy atom. The summed E-state index contributed by atoms with van der Waals surface area (Å²) in [7, 11) is 1.63. The monoisotopic (exact) mass is 340 g/mol. The topological polar surface area (TPSA) is 9.23 Å². The number of methoxy groups -OCH3 is 1. The minimum Gasteiger partial charge on any atom is -0.496 e. The van der Waals surface area contributed by atoms with E-state index in [-0.39, 0.29) is 4.83 Å². The highest BCUT2D eigenvalue weighted by Gasteiger charge is 2.17. The van der Waals surface area contributed by atoms with Gasteiger partial charge < -0.3 is 4.74 Å². The van der Waals surface area contributed by atoms with Gasteiger partial charge in [-0.1, -0.05) is 34.1 Å². The quantitative estimate of drug-likeness (QED) is 0.708. The van der Waals surface area contributed by atoms with Crippen LogP contribution in [-0.4, -0.2) is 7.11 Å². The lowest BCUT2D eigenvalue weighted by Gasteiger charge is -2.16. The third-order valence-electron chi connectivity index (χ3n) is 3.21. The maximum Gasteiger partial charge on any atom is 0.130 e. The largest absolute Gasteiger partial charge is 0.496 e. The second kappa shape index (κ2) is 5.92. The second-order valence-corrected chi connectivity index (χ2v) is 5.63. The predicted octanol–water partition coefficient (Wildman–Crippen LogP) is 5.07. The number of rotatable bonds is 3. The molecule has 0 saturated heterocycles. The van der Waals surface area contributed by atoms with Crippen LogP contribution in [0, 0.1) is 25.5 Å². The van der Waals surface area contributed by atoms with Crippen molar-refractivity contribution in [3.8, 4) is 5.75 Å². The molecular formula is C16H15BrF2O. The van der Waals surface area contributed by atoms with Crippen molar-refractivity contribution in [1.29, 1.82) is 0 Å². The lowest BCUT2D eigenvalue weighted by molar-refractivity contribution is 0.408. The van der Waals surface area contributed by atoms with E-state index < -0.39 is 11.6 Å². The standard InChI is InChI=1S/C16H15BrF2O/c1-9-6-11(7-10(2)16(9)20-3)15(17)13-5-4-12(18)8-14(13)19/h4-8,15H,1-3H3. The summed E-state index contributed by atoms with van der Waals surface area (Å²) in [5.41, 5.74) is 3.28. The summed E-state index contributed by atoms with van der Waals surface area (Å²) in [6.45, 7) is 3.88. The van der Waals surface area contributed by atoms with Crippen LogP contribution in [0.1, 0.15) is 27.1 Å². The lowest BCUT2D eigenvalue weighted by Crippen LogP contribution is -2.00. The molecule has 0 aliphatic rings. The number of ether oxygens (including phenoxy) is 1. The van der Waals surface area contributed by atoms with Gasteiger partial charge in [-0.3, -0.25) is 0 Å². The smallest absolute Gasteiger partial charge is 0.130 e. The Bertz CT molecular complexity index is 617. The number of aryl methyl sites for hydroxylation is 2. The molecule has 2 rings (SSSR count). The molecule has 0 saturated carbocycles. The molecule has 1 unspecified atom stereocenters. The van der Waals surface area contributed by atoms with Gasteiger partial charge in [0.15, 0.2) is 0 Å². The average Bonchev–Trinajstić information content (AvgIpc) is 2.37. The van der Waals surface area contributed by atoms with Crippen LogP contribution in [0.3, 0.4) is 0 Å². The Morgan fingerprint density at radius 2 is 1.65 bits per heavy atom. The summed E-state index contributed by atoms with van der Waals surface area (Å²) >= 11 is 3.48. The van der Waals surface area contributed by atoms with E-state index in [4.69, 9.17) is 4.74 Å². The van der Waals surface area contributed by atoms with Gasteiger partial charge in [-0.15, -0.1) is 0 Å². The maximum atomic E-state index is 13.8. The number of hydrogen-bond acceptors (Lipinski definition) is 1. The SMILES string of the molecule is COc1c(C)cc(C(Br)c2ccc(F)cc2F)cc1C. The Balaban J connectivity index is 2.45. The Labute approximate surface area is 125 Å². The molecule has 106 valence electrons. The molecule has 1 nitrogen and oxygen atoms in total. The summed E-state index contributed by atoms with van der Waals surface area (Å²) in [6, 6.07) is 7.49. The van der Waals surface area contributed by atoms with E-state index in [2.05, 4.69) is 15.9 Å². The van der Waals surface area contributed by atoms with Crippen molar-refractivity contribution in [2.75, 3.05) is 7.11 Å². The van der Waals surface area contributed by atoms with Crippen molar-refractivity contribution in [3.63, 3.8) is 0 Å². The van der Waals surface area contributed by atoms with Crippen LogP contribution in [0.15, 0.2) is 30.3 Å². The van der Waals surface area contributed by atoms with Crippen molar-refractivity contribution in [2.45, 2.75) is 18.7 Å². The molecule has 0 aliphatic carbocycles. The van der Waals surface area contributed by atoms with Crippen molar-refractivity contribution in [2.24, 2.45) is 0 Å². The number of benzene rings is 2. The van der Waals surface area contributed by atoms with Crippen LogP contribution in [0.5, 0.6) is 5.75 Å². The van der Waals surface area contributed by atoms with Crippen LogP contribution in [0.4, 0.5) is 8.78 Å². The molecule has 0 aromatic heterocycles. The first-order chi connectivity index (χ1) is 9.43. The summed E-state index contributed by atoms with van der Waals surface area (Å²) in [5, 5.41) is 0. The van der Waals surface area contributed by atoms with E-state index in [9.17, 15) is 8.78 Å². The Hall–Kier alpha value is -1.42. The van der Waals surface area contributed by atoms with E-state index in [0.717, 1.165) is 28.5 Å². The zero-order chi connectivity index (χ0) is 14.9. The minimum atomic E-state index is -0.576. The highest BCUT2D eigenvalue weighted by Crippen LogP contribution is 2.36. The summed E-state index contributed by atoms with van der Waals surface area (Å²) in [5.74, 6) is -0.306. The van der Waals surface area contributed by atoms with Gasteiger partial charge in [0.25, 0.3) is 0 Å². The molecule has 0 radical (unpaired) electrons. The molecule has 20 heavy (non-hydrogen) atoms. The van der Waals surface area contributed by atoms with Gasteiger partial charge in [-0.2, -0.15) is 0 Å². The molecule has 0 bridgehead atoms. The molecule has 1 atom stereocenters. The molecule has 0 fully saturated rings. The molecule has 0 aliphatic heterocycles. The number of halogens is 3. The van der Waals surface area contributed by atoms with Crippen molar-refractivity contribution in [1.82, 2.24) is 0 Å². The number of hydrogen-bond donors (Lipinski definition) is 0. The molecule has 2 aromatic carbocycles. The first kappa shape index (κ1) is 15.0. The van der Waals surface area contributed by atoms with Gasteiger partial charge in [0, 0.05) is 11.6 Å². The highest BCUT2D eigenvalue weighted by atomic mass is 79.9. The zero-order valence-corrected chi connectivity index (χ0v) is 13.1. The molecule has 0 amide bonds. The van der Waals surface area contributed by atoms with E-state index in [1.165, 1.54) is 12.1 Å². The third-order valence-corrected chi connectivity index (χ3v) is 4.24. The fraction of sp³-hybridized carbons (Fsp3) is 0.250. The molecule has 2 aromatic rings. The van der Waals surface area contributed by atoms with Gasteiger partial charge >= 0.3 is 0 Å². The normalized spacial score (nSPS) is 12.3. The fourth-order valence-electron chi connectivity index (χ4n) is 2.34. The first-order valence-corrected chi connectivity index (χ1v) is 7.09. The van der Waals surface area contributed by atoms with Gasteiger partial charge in [0.1, 0.15) is 17.4 Å². The van der Waals surface area contributed by atoms with E-state index in [0.29, 0.717) is 5.56 Å². The predicted molar refractivity (Wildman–Crippen MR) is 79.6 cm³/mol. The average molecular weight is 341 g/mol. The van der Waals surface area contributed by atoms with Gasteiger partial charge in [-0.25, -0.2) is 8.78 Å². The van der Waals surface area contributed by atoms with Crippen LogP contribution in [-0.2, 0) is 0 Å². The van der Waals surface area contributed by atoms with Crippen LogP contribution in [0.2, 0.25) is 0 Å². The minimum absolute atomic E-state index is 0.327. The summed E-state index contributed by atoms with van der Waals surface area (Å²) in [4.78, 5) is -0.327. The molecule has 0 heterocycles. The third kappa shape index (κ3) is 2.85. The Kier molecular flexibility index (Phi) is 4.43. The van der Waals surface area contributed by atoms with Crippen molar-refractivity contribution >= 4 is 15.9 Å². The van der Waals surface area contributed by atoms with Gasteiger partial charge in [0.2, 0.25) is 0 Å². The molecular weight excluding hydrogens is 326 g/mol.